The van der Waals surface area contributed by atoms with E-state index in [2.05, 4.69) is 10.5 Å². The van der Waals surface area contributed by atoms with Gasteiger partial charge in [0, 0.05) is 18.5 Å². The first-order chi connectivity index (χ1) is 14.6. The third kappa shape index (κ3) is 5.79. The summed E-state index contributed by atoms with van der Waals surface area (Å²) in [6, 6.07) is 15.4. The molecule has 0 saturated carbocycles. The Bertz CT molecular complexity index is 904. The fourth-order valence-electron chi connectivity index (χ4n) is 3.12. The van der Waals surface area contributed by atoms with Crippen molar-refractivity contribution >= 4 is 17.7 Å². The fourth-order valence-corrected chi connectivity index (χ4v) is 3.12. The van der Waals surface area contributed by atoms with E-state index in [0.717, 1.165) is 5.56 Å². The van der Waals surface area contributed by atoms with Gasteiger partial charge in [0.25, 0.3) is 0 Å². The van der Waals surface area contributed by atoms with Crippen LogP contribution in [0, 0.1) is 5.82 Å². The summed E-state index contributed by atoms with van der Waals surface area (Å²) >= 11 is 0. The first kappa shape index (κ1) is 21.3. The van der Waals surface area contributed by atoms with Crippen LogP contribution in [0.25, 0.3) is 0 Å². The molecule has 2 aromatic carbocycles. The number of hydrogen-bond acceptors (Lipinski definition) is 5. The Balaban J connectivity index is 1.64. The van der Waals surface area contributed by atoms with E-state index >= 15 is 0 Å². The number of oxime groups is 1. The minimum Gasteiger partial charge on any atom is -0.465 e. The Kier molecular flexibility index (Phi) is 7.37. The summed E-state index contributed by atoms with van der Waals surface area (Å²) in [6.45, 7) is 2.27. The topological polar surface area (TPSA) is 80.2 Å². The lowest BCUT2D eigenvalue weighted by molar-refractivity contribution is -0.141. The van der Waals surface area contributed by atoms with Crippen molar-refractivity contribution in [2.24, 2.45) is 5.16 Å². The maximum atomic E-state index is 14.0. The average molecular weight is 413 g/mol. The number of nitrogens with zero attached hydrogens (tertiary/aromatic N) is 2. The van der Waals surface area contributed by atoms with Gasteiger partial charge >= 0.3 is 12.0 Å². The van der Waals surface area contributed by atoms with Gasteiger partial charge in [0.1, 0.15) is 12.4 Å². The van der Waals surface area contributed by atoms with Gasteiger partial charge in [-0.15, -0.1) is 0 Å². The normalized spacial score (nSPS) is 15.1. The lowest BCUT2D eigenvalue weighted by Gasteiger charge is -2.25. The van der Waals surface area contributed by atoms with E-state index in [-0.39, 0.29) is 25.5 Å². The van der Waals surface area contributed by atoms with Gasteiger partial charge in [0.2, 0.25) is 0 Å². The summed E-state index contributed by atoms with van der Waals surface area (Å²) < 4.78 is 18.9. The Morgan fingerprint density at radius 3 is 2.67 bits per heavy atom. The summed E-state index contributed by atoms with van der Waals surface area (Å²) in [6.07, 6.45) is -0.0474. The number of esters is 1. The summed E-state index contributed by atoms with van der Waals surface area (Å²) in [5, 5.41) is 6.58. The van der Waals surface area contributed by atoms with Gasteiger partial charge < -0.3 is 19.8 Å². The zero-order valence-corrected chi connectivity index (χ0v) is 16.7. The molecule has 1 aliphatic heterocycles. The van der Waals surface area contributed by atoms with Gasteiger partial charge in [-0.3, -0.25) is 4.79 Å². The van der Waals surface area contributed by atoms with E-state index in [1.165, 1.54) is 6.07 Å². The fraction of sp³-hybridized carbons (Fsp3) is 0.318. The number of urea groups is 1. The number of carbonyl (C=O) groups is 2. The molecule has 7 nitrogen and oxygen atoms in total. The van der Waals surface area contributed by atoms with Gasteiger partial charge in [-0.1, -0.05) is 53.7 Å². The van der Waals surface area contributed by atoms with Gasteiger partial charge in [-0.25, -0.2) is 9.18 Å². The lowest BCUT2D eigenvalue weighted by atomic mass is 10.0. The summed E-state index contributed by atoms with van der Waals surface area (Å²) in [5.41, 5.74) is 1.82. The lowest BCUT2D eigenvalue weighted by Crippen LogP contribution is -2.45. The SMILES string of the molecule is CCOC(=O)CNC(=O)N(Cc1ccccc1)C[C@@H]1CC(c2ccccc2F)=NO1. The summed E-state index contributed by atoms with van der Waals surface area (Å²) in [4.78, 5) is 31.3. The molecule has 2 aromatic rings. The number of carbonyl (C=O) groups excluding carboxylic acids is 2. The number of ether oxygens (including phenoxy) is 1. The van der Waals surface area contributed by atoms with Crippen molar-refractivity contribution in [2.45, 2.75) is 26.0 Å². The van der Waals surface area contributed by atoms with Crippen LogP contribution in [-0.2, 0) is 20.9 Å². The summed E-state index contributed by atoms with van der Waals surface area (Å²) in [7, 11) is 0. The molecule has 0 fully saturated rings. The quantitative estimate of drug-likeness (QED) is 0.675. The molecule has 1 aliphatic rings. The molecule has 0 saturated heterocycles. The first-order valence-corrected chi connectivity index (χ1v) is 9.76. The zero-order valence-electron chi connectivity index (χ0n) is 16.7. The standard InChI is InChI=1S/C22H24FN3O4/c1-2-29-21(27)13-24-22(28)26(14-16-8-4-3-5-9-16)15-17-12-20(25-30-17)18-10-6-7-11-19(18)23/h3-11,17H,2,12-15H2,1H3,(H,24,28)/t17-/m0/s1. The van der Waals surface area contributed by atoms with Gasteiger partial charge in [-0.05, 0) is 18.6 Å². The van der Waals surface area contributed by atoms with E-state index < -0.39 is 18.1 Å². The molecule has 30 heavy (non-hydrogen) atoms. The highest BCUT2D eigenvalue weighted by molar-refractivity contribution is 6.01. The predicted octanol–water partition coefficient (Wildman–Crippen LogP) is 3.09. The van der Waals surface area contributed by atoms with Crippen molar-refractivity contribution in [3.63, 3.8) is 0 Å². The maximum absolute atomic E-state index is 14.0. The van der Waals surface area contributed by atoms with Crippen LogP contribution in [0.15, 0.2) is 59.8 Å². The third-order valence-electron chi connectivity index (χ3n) is 4.53. The molecule has 1 atom stereocenters. The number of benzene rings is 2. The molecular weight excluding hydrogens is 389 g/mol. The van der Waals surface area contributed by atoms with Crippen LogP contribution in [0.4, 0.5) is 9.18 Å². The highest BCUT2D eigenvalue weighted by Crippen LogP contribution is 2.20. The molecule has 158 valence electrons. The highest BCUT2D eigenvalue weighted by atomic mass is 19.1. The molecule has 0 radical (unpaired) electrons. The maximum Gasteiger partial charge on any atom is 0.325 e. The smallest absolute Gasteiger partial charge is 0.325 e. The minimum absolute atomic E-state index is 0.222. The molecule has 8 heteroatoms. The van der Waals surface area contributed by atoms with Crippen LogP contribution in [0.5, 0.6) is 0 Å². The van der Waals surface area contributed by atoms with Crippen LogP contribution in [0.1, 0.15) is 24.5 Å². The second kappa shape index (κ2) is 10.4. The van der Waals surface area contributed by atoms with E-state index in [0.29, 0.717) is 24.2 Å². The number of hydrogen-bond donors (Lipinski definition) is 1. The van der Waals surface area contributed by atoms with Crippen molar-refractivity contribution in [1.29, 1.82) is 0 Å². The van der Waals surface area contributed by atoms with Crippen molar-refractivity contribution in [2.75, 3.05) is 19.7 Å². The Hall–Kier alpha value is -3.42. The Morgan fingerprint density at radius 2 is 1.93 bits per heavy atom. The second-order valence-corrected chi connectivity index (χ2v) is 6.78. The van der Waals surface area contributed by atoms with Crippen LogP contribution < -0.4 is 5.32 Å². The molecule has 0 unspecified atom stereocenters. The summed E-state index contributed by atoms with van der Waals surface area (Å²) in [5.74, 6) is -0.873. The van der Waals surface area contributed by atoms with Gasteiger partial charge in [-0.2, -0.15) is 0 Å². The number of amides is 2. The molecule has 0 aliphatic carbocycles. The monoisotopic (exact) mass is 413 g/mol. The Morgan fingerprint density at radius 1 is 1.20 bits per heavy atom. The predicted molar refractivity (Wildman–Crippen MR) is 109 cm³/mol. The molecule has 0 aromatic heterocycles. The Labute approximate surface area is 174 Å². The minimum atomic E-state index is -0.507. The van der Waals surface area contributed by atoms with E-state index in [1.54, 1.807) is 30.0 Å². The number of nitrogens with one attached hydrogen (secondary N) is 1. The largest absolute Gasteiger partial charge is 0.465 e. The van der Waals surface area contributed by atoms with Crippen molar-refractivity contribution < 1.29 is 23.6 Å². The molecular formula is C22H24FN3O4. The molecule has 1 heterocycles. The molecule has 0 spiro atoms. The van der Waals surface area contributed by atoms with E-state index in [4.69, 9.17) is 9.57 Å². The molecule has 1 N–H and O–H groups in total. The number of rotatable bonds is 8. The number of halogens is 1. The van der Waals surface area contributed by atoms with Crippen LogP contribution >= 0.6 is 0 Å². The average Bonchev–Trinajstić information content (AvgIpc) is 3.21. The molecule has 0 bridgehead atoms. The van der Waals surface area contributed by atoms with Crippen LogP contribution in [-0.4, -0.2) is 48.4 Å². The zero-order chi connectivity index (χ0) is 21.3. The third-order valence-corrected chi connectivity index (χ3v) is 4.53. The first-order valence-electron chi connectivity index (χ1n) is 9.76. The highest BCUT2D eigenvalue weighted by Gasteiger charge is 2.28. The second-order valence-electron chi connectivity index (χ2n) is 6.78. The van der Waals surface area contributed by atoms with Crippen LogP contribution in [0.3, 0.4) is 0 Å². The van der Waals surface area contributed by atoms with Gasteiger partial charge in [0.15, 0.2) is 6.10 Å². The van der Waals surface area contributed by atoms with Crippen molar-refractivity contribution in [3.8, 4) is 0 Å². The molecule has 3 rings (SSSR count). The van der Waals surface area contributed by atoms with Gasteiger partial charge in [0.05, 0.1) is 18.9 Å². The van der Waals surface area contributed by atoms with E-state index in [1.807, 2.05) is 30.3 Å². The molecule has 2 amide bonds. The van der Waals surface area contributed by atoms with Crippen molar-refractivity contribution in [1.82, 2.24) is 10.2 Å². The van der Waals surface area contributed by atoms with Crippen LogP contribution in [0.2, 0.25) is 0 Å². The van der Waals surface area contributed by atoms with Crippen molar-refractivity contribution in [3.05, 3.63) is 71.5 Å². The van der Waals surface area contributed by atoms with E-state index in [9.17, 15) is 14.0 Å².